The number of hydrogen-bond acceptors (Lipinski definition) is 2. The first kappa shape index (κ1) is 8.89. The van der Waals surface area contributed by atoms with Gasteiger partial charge in [-0.05, 0) is 19.3 Å². The van der Waals surface area contributed by atoms with Crippen LogP contribution in [0.3, 0.4) is 0 Å². The van der Waals surface area contributed by atoms with E-state index in [2.05, 4.69) is 27.7 Å². The van der Waals surface area contributed by atoms with Crippen molar-refractivity contribution in [2.75, 3.05) is 6.54 Å². The lowest BCUT2D eigenvalue weighted by atomic mass is 9.91. The van der Waals surface area contributed by atoms with Crippen molar-refractivity contribution in [2.45, 2.75) is 25.3 Å². The van der Waals surface area contributed by atoms with Crippen molar-refractivity contribution in [3.8, 4) is 0 Å². The Kier molecular flexibility index (Phi) is 1.97. The Hall–Kier alpha value is -1.38. The molecule has 2 aliphatic heterocycles. The standard InChI is InChI=1S/C12H16N3/c1-14-7-5-13-8-12(14)10-2-3-11-4-6-15(11)9-10/h5,7-9,11H,2-4,6H2,1H3/q+1. The van der Waals surface area contributed by atoms with Crippen LogP contribution in [0.2, 0.25) is 0 Å². The molecule has 1 aromatic heterocycles. The van der Waals surface area contributed by atoms with Crippen molar-refractivity contribution in [3.05, 3.63) is 30.5 Å². The van der Waals surface area contributed by atoms with Gasteiger partial charge in [0, 0.05) is 24.4 Å². The molecule has 3 heteroatoms. The smallest absolute Gasteiger partial charge is 0.228 e. The molecule has 1 atom stereocenters. The number of nitrogens with zero attached hydrogens (tertiary/aromatic N) is 3. The first-order valence-electron chi connectivity index (χ1n) is 5.61. The molecule has 3 heterocycles. The summed E-state index contributed by atoms with van der Waals surface area (Å²) >= 11 is 0. The Morgan fingerprint density at radius 3 is 3.07 bits per heavy atom. The highest BCUT2D eigenvalue weighted by Gasteiger charge is 2.30. The van der Waals surface area contributed by atoms with Gasteiger partial charge in [-0.1, -0.05) is 0 Å². The van der Waals surface area contributed by atoms with Gasteiger partial charge in [-0.2, -0.15) is 4.57 Å². The van der Waals surface area contributed by atoms with Crippen LogP contribution in [-0.2, 0) is 7.05 Å². The molecule has 1 unspecified atom stereocenters. The Balaban J connectivity index is 1.94. The molecule has 3 rings (SSSR count). The zero-order valence-electron chi connectivity index (χ0n) is 9.06. The summed E-state index contributed by atoms with van der Waals surface area (Å²) in [6, 6.07) is 0.829. The summed E-state index contributed by atoms with van der Waals surface area (Å²) in [5.41, 5.74) is 2.68. The van der Waals surface area contributed by atoms with Gasteiger partial charge >= 0.3 is 0 Å². The van der Waals surface area contributed by atoms with Gasteiger partial charge in [0.15, 0.2) is 6.20 Å². The molecule has 0 radical (unpaired) electrons. The van der Waals surface area contributed by atoms with Gasteiger partial charge in [0.05, 0.1) is 12.4 Å². The summed E-state index contributed by atoms with van der Waals surface area (Å²) in [5, 5.41) is 0. The summed E-state index contributed by atoms with van der Waals surface area (Å²) < 4.78 is 2.15. The minimum absolute atomic E-state index is 0.829. The van der Waals surface area contributed by atoms with Crippen molar-refractivity contribution in [2.24, 2.45) is 7.05 Å². The minimum atomic E-state index is 0.829. The normalized spacial score (nSPS) is 24.2. The van der Waals surface area contributed by atoms with Crippen molar-refractivity contribution in [3.63, 3.8) is 0 Å². The summed E-state index contributed by atoms with van der Waals surface area (Å²) in [6.45, 7) is 1.23. The van der Waals surface area contributed by atoms with Gasteiger partial charge in [-0.15, -0.1) is 0 Å². The minimum Gasteiger partial charge on any atom is -0.374 e. The number of aromatic nitrogens is 2. The van der Waals surface area contributed by atoms with E-state index in [1.54, 1.807) is 0 Å². The Bertz CT molecular complexity index is 411. The van der Waals surface area contributed by atoms with Gasteiger partial charge in [0.25, 0.3) is 0 Å². The van der Waals surface area contributed by atoms with Crippen LogP contribution >= 0.6 is 0 Å². The number of aryl methyl sites for hydroxylation is 1. The zero-order chi connectivity index (χ0) is 10.3. The number of hydrogen-bond donors (Lipinski definition) is 0. The van der Waals surface area contributed by atoms with Gasteiger partial charge in [0.2, 0.25) is 5.69 Å². The maximum absolute atomic E-state index is 4.20. The second-order valence-electron chi connectivity index (χ2n) is 4.45. The lowest BCUT2D eigenvalue weighted by molar-refractivity contribution is -0.674. The molecule has 0 spiro atoms. The first-order chi connectivity index (χ1) is 7.34. The van der Waals surface area contributed by atoms with E-state index in [0.717, 1.165) is 6.04 Å². The average molecular weight is 202 g/mol. The summed E-state index contributed by atoms with van der Waals surface area (Å²) in [7, 11) is 2.08. The predicted octanol–water partition coefficient (Wildman–Crippen LogP) is 1.12. The van der Waals surface area contributed by atoms with Crippen LogP contribution in [0.1, 0.15) is 25.0 Å². The van der Waals surface area contributed by atoms with Crippen molar-refractivity contribution >= 4 is 5.57 Å². The van der Waals surface area contributed by atoms with E-state index in [1.165, 1.54) is 37.1 Å². The van der Waals surface area contributed by atoms with Gasteiger partial charge in [-0.3, -0.25) is 4.98 Å². The monoisotopic (exact) mass is 202 g/mol. The third-order valence-corrected chi connectivity index (χ3v) is 3.54. The van der Waals surface area contributed by atoms with E-state index in [4.69, 9.17) is 0 Å². The SMILES string of the molecule is C[n+]1ccncc1C1=CN2CCC2CC1. The highest BCUT2D eigenvalue weighted by atomic mass is 15.2. The fraction of sp³-hybridized carbons (Fsp3) is 0.500. The average Bonchev–Trinajstić information content (AvgIpc) is 2.21. The van der Waals surface area contributed by atoms with E-state index < -0.39 is 0 Å². The molecular weight excluding hydrogens is 186 g/mol. The molecular formula is C12H16N3+. The summed E-state index contributed by atoms with van der Waals surface area (Å²) in [5.74, 6) is 0. The van der Waals surface area contributed by atoms with Crippen LogP contribution in [0, 0.1) is 0 Å². The summed E-state index contributed by atoms with van der Waals surface area (Å²) in [6.07, 6.45) is 12.0. The third kappa shape index (κ3) is 1.42. The predicted molar refractivity (Wildman–Crippen MR) is 57.7 cm³/mol. The molecule has 1 aromatic rings. The summed E-state index contributed by atoms with van der Waals surface area (Å²) in [4.78, 5) is 6.67. The molecule has 1 saturated heterocycles. The first-order valence-corrected chi connectivity index (χ1v) is 5.61. The molecule has 0 aliphatic carbocycles. The fourth-order valence-corrected chi connectivity index (χ4v) is 2.45. The quantitative estimate of drug-likeness (QED) is 0.636. The molecule has 0 saturated carbocycles. The highest BCUT2D eigenvalue weighted by Crippen LogP contribution is 2.32. The van der Waals surface area contributed by atoms with Crippen molar-refractivity contribution in [1.29, 1.82) is 0 Å². The van der Waals surface area contributed by atoms with Gasteiger partial charge in [-0.25, -0.2) is 0 Å². The number of allylic oxidation sites excluding steroid dienone is 1. The van der Waals surface area contributed by atoms with E-state index in [-0.39, 0.29) is 0 Å². The van der Waals surface area contributed by atoms with Crippen LogP contribution in [0.25, 0.3) is 5.57 Å². The lowest BCUT2D eigenvalue weighted by Gasteiger charge is -2.43. The third-order valence-electron chi connectivity index (χ3n) is 3.54. The molecule has 15 heavy (non-hydrogen) atoms. The van der Waals surface area contributed by atoms with E-state index >= 15 is 0 Å². The molecule has 78 valence electrons. The Morgan fingerprint density at radius 1 is 1.47 bits per heavy atom. The highest BCUT2D eigenvalue weighted by molar-refractivity contribution is 5.60. The van der Waals surface area contributed by atoms with Crippen LogP contribution < -0.4 is 4.57 Å². The topological polar surface area (TPSA) is 20.0 Å². The van der Waals surface area contributed by atoms with Crippen LogP contribution in [-0.4, -0.2) is 22.5 Å². The number of fused-ring (bicyclic) bond motifs is 1. The largest absolute Gasteiger partial charge is 0.374 e. The fourth-order valence-electron chi connectivity index (χ4n) is 2.45. The molecule has 1 fully saturated rings. The number of rotatable bonds is 1. The zero-order valence-corrected chi connectivity index (χ0v) is 9.06. The van der Waals surface area contributed by atoms with Gasteiger partial charge in [0.1, 0.15) is 7.05 Å². The van der Waals surface area contributed by atoms with E-state index in [1.807, 2.05) is 18.6 Å². The Morgan fingerprint density at radius 2 is 2.40 bits per heavy atom. The second-order valence-corrected chi connectivity index (χ2v) is 4.45. The molecule has 3 nitrogen and oxygen atoms in total. The van der Waals surface area contributed by atoms with Crippen LogP contribution in [0.4, 0.5) is 0 Å². The maximum atomic E-state index is 4.20. The lowest BCUT2D eigenvalue weighted by Crippen LogP contribution is -2.46. The van der Waals surface area contributed by atoms with E-state index in [0.29, 0.717) is 0 Å². The second kappa shape index (κ2) is 3.33. The molecule has 0 bridgehead atoms. The van der Waals surface area contributed by atoms with E-state index in [9.17, 15) is 0 Å². The van der Waals surface area contributed by atoms with Crippen molar-refractivity contribution < 1.29 is 4.57 Å². The van der Waals surface area contributed by atoms with Gasteiger partial charge < -0.3 is 4.90 Å². The molecule has 0 N–H and O–H groups in total. The van der Waals surface area contributed by atoms with Crippen LogP contribution in [0.15, 0.2) is 24.8 Å². The van der Waals surface area contributed by atoms with Crippen LogP contribution in [0.5, 0.6) is 0 Å². The molecule has 0 aromatic carbocycles. The van der Waals surface area contributed by atoms with Crippen molar-refractivity contribution in [1.82, 2.24) is 9.88 Å². The molecule has 2 aliphatic rings. The Labute approximate surface area is 90.1 Å². The molecule has 0 amide bonds. The maximum Gasteiger partial charge on any atom is 0.228 e.